The van der Waals surface area contributed by atoms with E-state index in [0.717, 1.165) is 27.4 Å². The molecule has 1 saturated heterocycles. The lowest BCUT2D eigenvalue weighted by Crippen LogP contribution is -2.38. The number of anilines is 1. The van der Waals surface area contributed by atoms with Crippen molar-refractivity contribution in [3.8, 4) is 0 Å². The zero-order chi connectivity index (χ0) is 27.0. The predicted molar refractivity (Wildman–Crippen MR) is 149 cm³/mol. The SMILES string of the molecule is C[C@@H]1[C@H](CSc2ncn[nH]2)O[C@H](c2ccc(NC(=O)NCc3ccccc3)cc2)O[C@@H]1c1ccc(CO)cc1. The molecule has 10 heteroatoms. The highest BCUT2D eigenvalue weighted by atomic mass is 32.2. The number of H-pyrrole nitrogens is 1. The number of aromatic amines is 1. The minimum Gasteiger partial charge on any atom is -0.392 e. The van der Waals surface area contributed by atoms with Crippen LogP contribution in [0.5, 0.6) is 0 Å². The van der Waals surface area contributed by atoms with Gasteiger partial charge in [0.25, 0.3) is 0 Å². The second-order valence-corrected chi connectivity index (χ2v) is 10.3. The van der Waals surface area contributed by atoms with Crippen LogP contribution < -0.4 is 10.6 Å². The van der Waals surface area contributed by atoms with Gasteiger partial charge in [-0.3, -0.25) is 5.10 Å². The molecule has 1 aliphatic heterocycles. The third kappa shape index (κ3) is 7.04. The molecule has 0 saturated carbocycles. The Morgan fingerprint density at radius 3 is 2.41 bits per heavy atom. The molecule has 2 heterocycles. The Hall–Kier alpha value is -3.70. The topological polar surface area (TPSA) is 121 Å². The van der Waals surface area contributed by atoms with Crippen molar-refractivity contribution in [3.63, 3.8) is 0 Å². The van der Waals surface area contributed by atoms with E-state index in [2.05, 4.69) is 32.7 Å². The lowest BCUT2D eigenvalue weighted by Gasteiger charge is -2.41. The van der Waals surface area contributed by atoms with Crippen LogP contribution in [0.25, 0.3) is 0 Å². The number of urea groups is 1. The number of ether oxygens (including phenoxy) is 2. The maximum absolute atomic E-state index is 12.4. The summed E-state index contributed by atoms with van der Waals surface area (Å²) in [6.45, 7) is 2.56. The summed E-state index contributed by atoms with van der Waals surface area (Å²) >= 11 is 1.55. The van der Waals surface area contributed by atoms with Gasteiger partial charge in [0.1, 0.15) is 6.33 Å². The molecule has 9 nitrogen and oxygen atoms in total. The van der Waals surface area contributed by atoms with Crippen LogP contribution in [0.4, 0.5) is 10.5 Å². The summed E-state index contributed by atoms with van der Waals surface area (Å²) in [5, 5.41) is 22.7. The van der Waals surface area contributed by atoms with Gasteiger partial charge < -0.3 is 25.2 Å². The van der Waals surface area contributed by atoms with Crippen molar-refractivity contribution >= 4 is 23.5 Å². The molecule has 4 atom stereocenters. The minimum absolute atomic E-state index is 0.00575. The highest BCUT2D eigenvalue weighted by molar-refractivity contribution is 7.99. The van der Waals surface area contributed by atoms with Crippen molar-refractivity contribution in [1.29, 1.82) is 0 Å². The molecule has 0 bridgehead atoms. The molecule has 202 valence electrons. The number of thioether (sulfide) groups is 1. The molecular weight excluding hydrogens is 514 g/mol. The van der Waals surface area contributed by atoms with Crippen molar-refractivity contribution in [2.45, 2.75) is 43.7 Å². The Labute approximate surface area is 231 Å². The smallest absolute Gasteiger partial charge is 0.319 e. The number of rotatable bonds is 9. The molecule has 0 unspecified atom stereocenters. The first kappa shape index (κ1) is 26.9. The molecule has 5 rings (SSSR count). The Morgan fingerprint density at radius 2 is 1.72 bits per heavy atom. The molecule has 0 aliphatic carbocycles. The lowest BCUT2D eigenvalue weighted by molar-refractivity contribution is -0.268. The second-order valence-electron chi connectivity index (χ2n) is 9.34. The standard InChI is InChI=1S/C29H31N5O4S/c1-19-25(17-39-29-31-18-32-34-29)37-27(38-26(19)22-9-7-21(16-35)8-10-22)23-11-13-24(14-12-23)33-28(36)30-15-20-5-3-2-4-6-20/h2-14,18-19,25-27,35H,15-17H2,1H3,(H2,30,33,36)(H,31,32,34)/t19-,25+,26+,27+/m1/s1. The van der Waals surface area contributed by atoms with Gasteiger partial charge in [0.05, 0.1) is 18.8 Å². The zero-order valence-corrected chi connectivity index (χ0v) is 22.3. The fraction of sp³-hybridized carbons (Fsp3) is 0.276. The van der Waals surface area contributed by atoms with Gasteiger partial charge in [-0.25, -0.2) is 9.78 Å². The number of aliphatic hydroxyl groups is 1. The van der Waals surface area contributed by atoms with Crippen molar-refractivity contribution in [1.82, 2.24) is 20.5 Å². The van der Waals surface area contributed by atoms with Gasteiger partial charge in [0.2, 0.25) is 0 Å². The van der Waals surface area contributed by atoms with Crippen molar-refractivity contribution in [2.75, 3.05) is 11.1 Å². The van der Waals surface area contributed by atoms with E-state index in [4.69, 9.17) is 9.47 Å². The van der Waals surface area contributed by atoms with Crippen molar-refractivity contribution < 1.29 is 19.4 Å². The number of benzene rings is 3. The minimum atomic E-state index is -0.593. The number of carbonyl (C=O) groups is 1. The van der Waals surface area contributed by atoms with Crippen LogP contribution in [0.15, 0.2) is 90.3 Å². The molecule has 4 N–H and O–H groups in total. The van der Waals surface area contributed by atoms with Crippen LogP contribution in [0, 0.1) is 5.92 Å². The Morgan fingerprint density at radius 1 is 0.974 bits per heavy atom. The van der Waals surface area contributed by atoms with Crippen molar-refractivity contribution in [2.24, 2.45) is 5.92 Å². The molecule has 0 radical (unpaired) electrons. The van der Waals surface area contributed by atoms with Crippen molar-refractivity contribution in [3.05, 3.63) is 107 Å². The van der Waals surface area contributed by atoms with Gasteiger partial charge >= 0.3 is 6.03 Å². The van der Waals surface area contributed by atoms with E-state index in [1.807, 2.05) is 78.9 Å². The summed E-state index contributed by atoms with van der Waals surface area (Å²) in [5.41, 5.74) is 4.42. The fourth-order valence-corrected chi connectivity index (χ4v) is 5.35. The highest BCUT2D eigenvalue weighted by Crippen LogP contribution is 2.42. The molecule has 2 amide bonds. The number of hydrogen-bond donors (Lipinski definition) is 4. The third-order valence-corrected chi connectivity index (χ3v) is 7.60. The maximum Gasteiger partial charge on any atom is 0.319 e. The van der Waals surface area contributed by atoms with E-state index in [-0.39, 0.29) is 30.8 Å². The summed E-state index contributed by atoms with van der Waals surface area (Å²) in [4.78, 5) is 16.6. The van der Waals surface area contributed by atoms with Crippen LogP contribution in [0.1, 0.15) is 41.6 Å². The van der Waals surface area contributed by atoms with Crippen LogP contribution in [0.3, 0.4) is 0 Å². The first-order valence-corrected chi connectivity index (χ1v) is 13.7. The Kier molecular flexibility index (Phi) is 8.89. The lowest BCUT2D eigenvalue weighted by atomic mass is 9.91. The number of nitrogens with one attached hydrogen (secondary N) is 3. The average molecular weight is 546 g/mol. The van der Waals surface area contributed by atoms with Gasteiger partial charge in [-0.1, -0.05) is 85.4 Å². The monoisotopic (exact) mass is 545 g/mol. The third-order valence-electron chi connectivity index (χ3n) is 6.64. The molecule has 1 fully saturated rings. The molecule has 1 aromatic heterocycles. The summed E-state index contributed by atoms with van der Waals surface area (Å²) in [6.07, 6.45) is 0.564. The average Bonchev–Trinajstić information content (AvgIpc) is 3.50. The molecular formula is C29H31N5O4S. The number of aliphatic hydroxyl groups excluding tert-OH is 1. The summed E-state index contributed by atoms with van der Waals surface area (Å²) in [6, 6.07) is 24.8. The van der Waals surface area contributed by atoms with Gasteiger partial charge in [0.15, 0.2) is 11.4 Å². The van der Waals surface area contributed by atoms with Crippen LogP contribution in [-0.2, 0) is 22.6 Å². The number of amides is 2. The van der Waals surface area contributed by atoms with Gasteiger partial charge in [-0.05, 0) is 28.8 Å². The number of aromatic nitrogens is 3. The van der Waals surface area contributed by atoms with Gasteiger partial charge in [-0.15, -0.1) is 0 Å². The van der Waals surface area contributed by atoms with E-state index < -0.39 is 6.29 Å². The number of carbonyl (C=O) groups excluding carboxylic acids is 1. The summed E-state index contributed by atoms with van der Waals surface area (Å²) in [7, 11) is 0. The Bertz CT molecular complexity index is 1320. The summed E-state index contributed by atoms with van der Waals surface area (Å²) < 4.78 is 12.9. The van der Waals surface area contributed by atoms with E-state index in [1.54, 1.807) is 11.8 Å². The summed E-state index contributed by atoms with van der Waals surface area (Å²) in [5.74, 6) is 0.730. The molecule has 39 heavy (non-hydrogen) atoms. The van der Waals surface area contributed by atoms with Gasteiger partial charge in [0, 0.05) is 29.5 Å². The van der Waals surface area contributed by atoms with Gasteiger partial charge in [-0.2, -0.15) is 5.10 Å². The molecule has 3 aromatic carbocycles. The largest absolute Gasteiger partial charge is 0.392 e. The first-order valence-electron chi connectivity index (χ1n) is 12.8. The molecule has 1 aliphatic rings. The number of nitrogens with zero attached hydrogens (tertiary/aromatic N) is 2. The maximum atomic E-state index is 12.4. The first-order chi connectivity index (χ1) is 19.1. The molecule has 4 aromatic rings. The van der Waals surface area contributed by atoms with E-state index in [0.29, 0.717) is 18.0 Å². The van der Waals surface area contributed by atoms with Crippen LogP contribution in [0.2, 0.25) is 0 Å². The number of hydrogen-bond acceptors (Lipinski definition) is 7. The van der Waals surface area contributed by atoms with Crippen LogP contribution >= 0.6 is 11.8 Å². The van der Waals surface area contributed by atoms with E-state index in [1.165, 1.54) is 6.33 Å². The second kappa shape index (κ2) is 12.9. The van der Waals surface area contributed by atoms with E-state index in [9.17, 15) is 9.90 Å². The van der Waals surface area contributed by atoms with Crippen LogP contribution in [-0.4, -0.2) is 38.2 Å². The fourth-order valence-electron chi connectivity index (χ4n) is 4.41. The quantitative estimate of drug-likeness (QED) is 0.213. The van der Waals surface area contributed by atoms with E-state index >= 15 is 0 Å². The molecule has 0 spiro atoms. The Balaban J connectivity index is 1.27. The zero-order valence-electron chi connectivity index (χ0n) is 21.5. The predicted octanol–water partition coefficient (Wildman–Crippen LogP) is 5.20. The highest BCUT2D eigenvalue weighted by Gasteiger charge is 2.38. The normalized spacial score (nSPS) is 20.9.